The van der Waals surface area contributed by atoms with Crippen LogP contribution in [0.4, 0.5) is 0 Å². The number of hydrogen-bond acceptors (Lipinski definition) is 8. The van der Waals surface area contributed by atoms with Gasteiger partial charge in [-0.2, -0.15) is 5.26 Å². The average molecular weight is 535 g/mol. The van der Waals surface area contributed by atoms with Crippen LogP contribution in [0.2, 0.25) is 0 Å². The molecule has 1 unspecified atom stereocenters. The largest absolute Gasteiger partial charge is 0.464 e. The van der Waals surface area contributed by atoms with E-state index in [2.05, 4.69) is 21.4 Å². The molecule has 1 aliphatic heterocycles. The van der Waals surface area contributed by atoms with Gasteiger partial charge in [-0.15, -0.1) is 0 Å². The second kappa shape index (κ2) is 11.3. The lowest BCUT2D eigenvalue weighted by atomic mass is 9.90. The topological polar surface area (TPSA) is 141 Å². The number of hydrogen-bond donors (Lipinski definition) is 3. The number of ketones is 1. The van der Waals surface area contributed by atoms with Gasteiger partial charge in [0.15, 0.2) is 5.78 Å². The highest BCUT2D eigenvalue weighted by molar-refractivity contribution is 7.90. The van der Waals surface area contributed by atoms with Crippen molar-refractivity contribution in [3.05, 3.63) is 76.5 Å². The van der Waals surface area contributed by atoms with Gasteiger partial charge < -0.3 is 15.1 Å². The van der Waals surface area contributed by atoms with E-state index in [4.69, 9.17) is 4.42 Å². The lowest BCUT2D eigenvalue weighted by molar-refractivity contribution is -0.121. The van der Waals surface area contributed by atoms with Crippen molar-refractivity contribution >= 4 is 21.7 Å². The standard InChI is InChI=1S/C28H30N4O5S/c1-17(2)26(33)25-20(13-19-7-9-22(21(14-19)15-29)24-5-4-12-37-24)8-6-18(3)27(25)38(35,36)32-28(34)23-16-30-10-11-31-23/h4-9,12,14,17,23,30-31H,10-11,13,16H2,1-3H3,(H,32,34). The molecule has 0 bridgehead atoms. The molecule has 0 radical (unpaired) electrons. The van der Waals surface area contributed by atoms with Crippen LogP contribution in [-0.2, 0) is 21.2 Å². The molecule has 1 fully saturated rings. The summed E-state index contributed by atoms with van der Waals surface area (Å²) < 4.78 is 34.7. The van der Waals surface area contributed by atoms with E-state index >= 15 is 0 Å². The first-order valence-corrected chi connectivity index (χ1v) is 13.8. The van der Waals surface area contributed by atoms with E-state index in [0.717, 1.165) is 5.56 Å². The summed E-state index contributed by atoms with van der Waals surface area (Å²) >= 11 is 0. The molecule has 2 aromatic carbocycles. The normalized spacial score (nSPS) is 15.7. The number of carbonyl (C=O) groups is 2. The van der Waals surface area contributed by atoms with Crippen LogP contribution in [0.5, 0.6) is 0 Å². The molecular weight excluding hydrogens is 504 g/mol. The van der Waals surface area contributed by atoms with Crippen molar-refractivity contribution in [1.82, 2.24) is 15.4 Å². The fourth-order valence-corrected chi connectivity index (χ4v) is 6.04. The van der Waals surface area contributed by atoms with Crippen molar-refractivity contribution in [2.45, 2.75) is 38.1 Å². The number of aryl methyl sites for hydroxylation is 1. The molecular formula is C28H30N4O5S. The number of sulfonamides is 1. The Balaban J connectivity index is 1.75. The predicted molar refractivity (Wildman–Crippen MR) is 142 cm³/mol. The summed E-state index contributed by atoms with van der Waals surface area (Å²) in [4.78, 5) is 26.0. The molecule has 0 aliphatic carbocycles. The molecule has 1 aromatic heterocycles. The van der Waals surface area contributed by atoms with Gasteiger partial charge in [-0.25, -0.2) is 13.1 Å². The summed E-state index contributed by atoms with van der Waals surface area (Å²) in [6, 6.07) is 13.6. The van der Waals surface area contributed by atoms with Gasteiger partial charge in [0.1, 0.15) is 16.7 Å². The molecule has 198 valence electrons. The summed E-state index contributed by atoms with van der Waals surface area (Å²) in [7, 11) is -4.37. The van der Waals surface area contributed by atoms with Gasteiger partial charge in [0.25, 0.3) is 15.9 Å². The van der Waals surface area contributed by atoms with Crippen LogP contribution in [-0.4, -0.2) is 45.8 Å². The lowest BCUT2D eigenvalue weighted by Crippen LogP contribution is -2.56. The Labute approximate surface area is 222 Å². The maximum Gasteiger partial charge on any atom is 0.265 e. The molecule has 0 spiro atoms. The van der Waals surface area contributed by atoms with E-state index in [0.29, 0.717) is 47.6 Å². The van der Waals surface area contributed by atoms with Gasteiger partial charge >= 0.3 is 0 Å². The van der Waals surface area contributed by atoms with Gasteiger partial charge in [-0.3, -0.25) is 9.59 Å². The first-order valence-electron chi connectivity index (χ1n) is 12.4. The fraction of sp³-hybridized carbons (Fsp3) is 0.321. The highest BCUT2D eigenvalue weighted by atomic mass is 32.2. The van der Waals surface area contributed by atoms with E-state index in [9.17, 15) is 23.3 Å². The van der Waals surface area contributed by atoms with Crippen molar-refractivity contribution in [1.29, 1.82) is 5.26 Å². The van der Waals surface area contributed by atoms with Crippen LogP contribution in [0.15, 0.2) is 58.0 Å². The molecule has 1 aliphatic rings. The minimum absolute atomic E-state index is 0.0589. The minimum Gasteiger partial charge on any atom is -0.464 e. The summed E-state index contributed by atoms with van der Waals surface area (Å²) in [5, 5.41) is 15.8. The highest BCUT2D eigenvalue weighted by Crippen LogP contribution is 2.30. The van der Waals surface area contributed by atoms with Gasteiger partial charge in [-0.05, 0) is 54.3 Å². The third kappa shape index (κ3) is 5.70. The zero-order valence-electron chi connectivity index (χ0n) is 21.5. The summed E-state index contributed by atoms with van der Waals surface area (Å²) in [6.07, 6.45) is 1.74. The first-order chi connectivity index (χ1) is 18.1. The van der Waals surface area contributed by atoms with Crippen LogP contribution in [0.3, 0.4) is 0 Å². The Bertz CT molecular complexity index is 1500. The molecule has 38 heavy (non-hydrogen) atoms. The quantitative estimate of drug-likeness (QED) is 0.375. The molecule has 3 aromatic rings. The van der Waals surface area contributed by atoms with Crippen molar-refractivity contribution in [3.8, 4) is 17.4 Å². The number of furan rings is 1. The molecule has 1 amide bonds. The monoisotopic (exact) mass is 534 g/mol. The van der Waals surface area contributed by atoms with Gasteiger partial charge in [0.05, 0.1) is 17.9 Å². The minimum atomic E-state index is -4.37. The molecule has 1 atom stereocenters. The van der Waals surface area contributed by atoms with Gasteiger partial charge in [0, 0.05) is 36.7 Å². The third-order valence-corrected chi connectivity index (χ3v) is 7.99. The van der Waals surface area contributed by atoms with Crippen molar-refractivity contribution in [2.75, 3.05) is 19.6 Å². The lowest BCUT2D eigenvalue weighted by Gasteiger charge is -2.24. The van der Waals surface area contributed by atoms with Crippen molar-refractivity contribution < 1.29 is 22.4 Å². The molecule has 3 N–H and O–H groups in total. The number of nitrogens with one attached hydrogen (secondary N) is 3. The molecule has 4 rings (SSSR count). The fourth-order valence-electron chi connectivity index (χ4n) is 4.53. The number of nitrogens with zero attached hydrogens (tertiary/aromatic N) is 1. The van der Waals surface area contributed by atoms with Crippen LogP contribution in [0, 0.1) is 24.2 Å². The second-order valence-electron chi connectivity index (χ2n) is 9.59. The van der Waals surface area contributed by atoms with Crippen molar-refractivity contribution in [3.63, 3.8) is 0 Å². The van der Waals surface area contributed by atoms with E-state index < -0.39 is 27.9 Å². The first kappa shape index (κ1) is 27.3. The Morgan fingerprint density at radius 3 is 2.61 bits per heavy atom. The Kier molecular flexibility index (Phi) is 8.11. The van der Waals surface area contributed by atoms with Gasteiger partial charge in [0.2, 0.25) is 0 Å². The Hall–Kier alpha value is -3.78. The van der Waals surface area contributed by atoms with Crippen molar-refractivity contribution in [2.24, 2.45) is 5.92 Å². The number of carbonyl (C=O) groups excluding carboxylic acids is 2. The number of piperazine rings is 1. The zero-order chi connectivity index (χ0) is 27.4. The molecule has 0 saturated carbocycles. The van der Waals surface area contributed by atoms with Crippen LogP contribution >= 0.6 is 0 Å². The van der Waals surface area contributed by atoms with Crippen LogP contribution < -0.4 is 15.4 Å². The smallest absolute Gasteiger partial charge is 0.265 e. The van der Waals surface area contributed by atoms with E-state index in [1.807, 2.05) is 6.07 Å². The number of Topliss-reactive ketones (excluding diaryl/α,β-unsaturated/α-hetero) is 1. The number of benzene rings is 2. The Morgan fingerprint density at radius 1 is 1.18 bits per heavy atom. The maximum atomic E-state index is 13.5. The second-order valence-corrected chi connectivity index (χ2v) is 11.2. The predicted octanol–water partition coefficient (Wildman–Crippen LogP) is 2.92. The Morgan fingerprint density at radius 2 is 1.97 bits per heavy atom. The average Bonchev–Trinajstić information content (AvgIpc) is 3.44. The van der Waals surface area contributed by atoms with E-state index in [-0.39, 0.29) is 22.7 Å². The summed E-state index contributed by atoms with van der Waals surface area (Å²) in [5.41, 5.74) is 2.68. The van der Waals surface area contributed by atoms with Gasteiger partial charge in [-0.1, -0.05) is 32.0 Å². The summed E-state index contributed by atoms with van der Waals surface area (Å²) in [5.74, 6) is -0.954. The molecule has 1 saturated heterocycles. The molecule has 2 heterocycles. The highest BCUT2D eigenvalue weighted by Gasteiger charge is 2.32. The van der Waals surface area contributed by atoms with E-state index in [1.54, 1.807) is 57.2 Å². The number of amides is 1. The zero-order valence-corrected chi connectivity index (χ0v) is 22.3. The van der Waals surface area contributed by atoms with Crippen LogP contribution in [0.1, 0.15) is 46.5 Å². The maximum absolute atomic E-state index is 13.5. The summed E-state index contributed by atoms with van der Waals surface area (Å²) in [6.45, 7) is 6.52. The van der Waals surface area contributed by atoms with Crippen LogP contribution in [0.25, 0.3) is 11.3 Å². The molecule has 10 heteroatoms. The SMILES string of the molecule is Cc1ccc(Cc2ccc(-c3ccco3)c(C#N)c2)c(C(=O)C(C)C)c1S(=O)(=O)NC(=O)C1CNCCN1. The third-order valence-electron chi connectivity index (χ3n) is 6.46. The number of nitriles is 1. The van der Waals surface area contributed by atoms with E-state index in [1.165, 1.54) is 6.26 Å². The number of rotatable bonds is 8. The molecule has 9 nitrogen and oxygen atoms in total.